The van der Waals surface area contributed by atoms with Gasteiger partial charge in [-0.2, -0.15) is 0 Å². The fourth-order valence-corrected chi connectivity index (χ4v) is 5.98. The molecule has 4 saturated carbocycles. The first-order chi connectivity index (χ1) is 12.7. The maximum Gasteiger partial charge on any atom is 0.307 e. The lowest BCUT2D eigenvalue weighted by atomic mass is 9.47. The second kappa shape index (κ2) is 6.59. The summed E-state index contributed by atoms with van der Waals surface area (Å²) in [6, 6.07) is 5.42. The second-order valence-electron chi connectivity index (χ2n) is 8.99. The lowest BCUT2D eigenvalue weighted by molar-refractivity contribution is -0.179. The molecular weight excluding hydrogens is 349 g/mol. The van der Waals surface area contributed by atoms with E-state index in [-0.39, 0.29) is 23.6 Å². The molecule has 6 heteroatoms. The van der Waals surface area contributed by atoms with Crippen molar-refractivity contribution in [1.82, 2.24) is 0 Å². The van der Waals surface area contributed by atoms with Crippen LogP contribution < -0.4 is 5.32 Å². The lowest BCUT2D eigenvalue weighted by Gasteiger charge is -2.60. The number of carbonyl (C=O) groups is 2. The summed E-state index contributed by atoms with van der Waals surface area (Å²) in [5.74, 6) is -0.211. The minimum Gasteiger partial charge on any atom is -0.453 e. The summed E-state index contributed by atoms with van der Waals surface area (Å²) in [5, 5.41) is 13.4. The van der Waals surface area contributed by atoms with Gasteiger partial charge in [-0.05, 0) is 87.0 Å². The highest BCUT2D eigenvalue weighted by atomic mass is 19.1. The number of aliphatic hydroxyl groups is 1. The Morgan fingerprint density at radius 1 is 1.22 bits per heavy atom. The number of hydrogen-bond donors (Lipinski definition) is 2. The van der Waals surface area contributed by atoms with Crippen molar-refractivity contribution in [2.24, 2.45) is 17.3 Å². The quantitative estimate of drug-likeness (QED) is 0.774. The van der Waals surface area contributed by atoms with E-state index in [4.69, 9.17) is 4.74 Å². The van der Waals surface area contributed by atoms with Crippen molar-refractivity contribution in [2.45, 2.75) is 63.6 Å². The average Bonchev–Trinajstić information content (AvgIpc) is 2.53. The minimum atomic E-state index is -0.931. The van der Waals surface area contributed by atoms with Crippen LogP contribution >= 0.6 is 0 Å². The highest BCUT2D eigenvalue weighted by Gasteiger charge is 2.57. The van der Waals surface area contributed by atoms with Gasteiger partial charge in [-0.1, -0.05) is 0 Å². The van der Waals surface area contributed by atoms with E-state index in [1.54, 1.807) is 0 Å². The first kappa shape index (κ1) is 18.4. The number of amides is 1. The van der Waals surface area contributed by atoms with Gasteiger partial charge in [-0.15, -0.1) is 0 Å². The molecule has 4 fully saturated rings. The summed E-state index contributed by atoms with van der Waals surface area (Å²) < 4.78 is 18.3. The van der Waals surface area contributed by atoms with Gasteiger partial charge >= 0.3 is 5.97 Å². The van der Waals surface area contributed by atoms with Gasteiger partial charge in [0.2, 0.25) is 0 Å². The number of rotatable bonds is 5. The Labute approximate surface area is 158 Å². The molecule has 5 rings (SSSR count). The number of carbonyl (C=O) groups excluding carboxylic acids is 2. The maximum absolute atomic E-state index is 12.9. The van der Waals surface area contributed by atoms with E-state index < -0.39 is 17.6 Å². The summed E-state index contributed by atoms with van der Waals surface area (Å²) >= 11 is 0. The van der Waals surface area contributed by atoms with E-state index in [0.29, 0.717) is 23.9 Å². The third-order valence-corrected chi connectivity index (χ3v) is 6.46. The normalized spacial score (nSPS) is 34.9. The molecule has 5 nitrogen and oxygen atoms in total. The molecule has 4 bridgehead atoms. The van der Waals surface area contributed by atoms with Crippen LogP contribution in [0.15, 0.2) is 24.3 Å². The number of halogens is 1. The van der Waals surface area contributed by atoms with Crippen molar-refractivity contribution < 1.29 is 23.8 Å². The van der Waals surface area contributed by atoms with Gasteiger partial charge < -0.3 is 15.2 Å². The smallest absolute Gasteiger partial charge is 0.307 e. The standard InChI is InChI=1S/C21H26FNO4/c1-13(19(25)23-17-4-2-16(22)3-5-17)27-18(24)11-20-7-14-6-15(8-20)10-21(26,9-14)12-20/h2-5,13-15,26H,6-12H2,1H3,(H,23,25)/t13-,14-,15+,20?,21?/m0/s1. The van der Waals surface area contributed by atoms with Crippen LogP contribution in [0.1, 0.15) is 51.9 Å². The van der Waals surface area contributed by atoms with Crippen molar-refractivity contribution >= 4 is 17.6 Å². The van der Waals surface area contributed by atoms with E-state index in [1.807, 2.05) is 0 Å². The van der Waals surface area contributed by atoms with Crippen molar-refractivity contribution in [3.8, 4) is 0 Å². The maximum atomic E-state index is 12.9. The molecule has 0 spiro atoms. The monoisotopic (exact) mass is 375 g/mol. The molecule has 1 aromatic rings. The molecule has 0 saturated heterocycles. The first-order valence-corrected chi connectivity index (χ1v) is 9.73. The van der Waals surface area contributed by atoms with Gasteiger partial charge in [-0.25, -0.2) is 4.39 Å². The molecule has 0 aliphatic heterocycles. The topological polar surface area (TPSA) is 75.6 Å². The number of ether oxygens (including phenoxy) is 1. The van der Waals surface area contributed by atoms with Gasteiger partial charge in [-0.3, -0.25) is 9.59 Å². The Balaban J connectivity index is 1.34. The second-order valence-corrected chi connectivity index (χ2v) is 8.99. The zero-order valence-electron chi connectivity index (χ0n) is 15.5. The third-order valence-electron chi connectivity index (χ3n) is 6.46. The fraction of sp³-hybridized carbons (Fsp3) is 0.619. The Morgan fingerprint density at radius 3 is 2.44 bits per heavy atom. The molecule has 146 valence electrons. The molecule has 2 unspecified atom stereocenters. The van der Waals surface area contributed by atoms with Gasteiger partial charge in [0.15, 0.2) is 6.10 Å². The molecule has 1 amide bonds. The fourth-order valence-electron chi connectivity index (χ4n) is 5.98. The molecule has 27 heavy (non-hydrogen) atoms. The summed E-state index contributed by atoms with van der Waals surface area (Å²) in [5.41, 5.74) is -0.341. The highest BCUT2D eigenvalue weighted by Crippen LogP contribution is 2.62. The summed E-state index contributed by atoms with van der Waals surface area (Å²) in [6.45, 7) is 1.53. The van der Waals surface area contributed by atoms with E-state index in [0.717, 1.165) is 32.1 Å². The van der Waals surface area contributed by atoms with Crippen LogP contribution in [0.3, 0.4) is 0 Å². The van der Waals surface area contributed by atoms with E-state index in [9.17, 15) is 19.1 Å². The predicted octanol–water partition coefficient (Wildman–Crippen LogP) is 3.42. The molecule has 4 aliphatic carbocycles. The number of esters is 1. The molecule has 4 aliphatic rings. The average molecular weight is 375 g/mol. The molecule has 0 heterocycles. The Hall–Kier alpha value is -1.95. The largest absolute Gasteiger partial charge is 0.453 e. The molecular formula is C21H26FNO4. The Kier molecular flexibility index (Phi) is 4.49. The lowest BCUT2D eigenvalue weighted by Crippen LogP contribution is -2.56. The first-order valence-electron chi connectivity index (χ1n) is 9.73. The van der Waals surface area contributed by atoms with E-state index >= 15 is 0 Å². The van der Waals surface area contributed by atoms with Gasteiger partial charge in [0.25, 0.3) is 5.91 Å². The van der Waals surface area contributed by atoms with Crippen molar-refractivity contribution in [1.29, 1.82) is 0 Å². The van der Waals surface area contributed by atoms with E-state index in [1.165, 1.54) is 31.2 Å². The number of anilines is 1. The molecule has 1 aromatic carbocycles. The third kappa shape index (κ3) is 3.86. The molecule has 2 N–H and O–H groups in total. The molecule has 0 aromatic heterocycles. The number of benzene rings is 1. The van der Waals surface area contributed by atoms with Crippen molar-refractivity contribution in [3.05, 3.63) is 30.1 Å². The van der Waals surface area contributed by atoms with E-state index in [2.05, 4.69) is 5.32 Å². The van der Waals surface area contributed by atoms with Crippen LogP contribution in [-0.4, -0.2) is 28.7 Å². The van der Waals surface area contributed by atoms with Gasteiger partial charge in [0, 0.05) is 5.69 Å². The van der Waals surface area contributed by atoms with Crippen LogP contribution in [0.4, 0.5) is 10.1 Å². The highest BCUT2D eigenvalue weighted by molar-refractivity contribution is 5.95. The number of hydrogen-bond acceptors (Lipinski definition) is 4. The summed E-state index contributed by atoms with van der Waals surface area (Å²) in [4.78, 5) is 24.7. The van der Waals surface area contributed by atoms with Gasteiger partial charge in [0.05, 0.1) is 12.0 Å². The Bertz CT molecular complexity index is 733. The Morgan fingerprint density at radius 2 is 1.85 bits per heavy atom. The SMILES string of the molecule is C[C@H](OC(=O)CC12C[C@@H]3C[C@@H](CC(O)(C3)C1)C2)C(=O)Nc1ccc(F)cc1. The van der Waals surface area contributed by atoms with Crippen LogP contribution in [0.2, 0.25) is 0 Å². The number of nitrogens with one attached hydrogen (secondary N) is 1. The predicted molar refractivity (Wildman–Crippen MR) is 97.3 cm³/mol. The zero-order chi connectivity index (χ0) is 19.2. The summed E-state index contributed by atoms with van der Waals surface area (Å²) in [6.07, 6.45) is 4.81. The van der Waals surface area contributed by atoms with Crippen LogP contribution in [0.5, 0.6) is 0 Å². The van der Waals surface area contributed by atoms with Crippen molar-refractivity contribution in [2.75, 3.05) is 5.32 Å². The van der Waals surface area contributed by atoms with Crippen LogP contribution in [0, 0.1) is 23.1 Å². The van der Waals surface area contributed by atoms with Crippen molar-refractivity contribution in [3.63, 3.8) is 0 Å². The van der Waals surface area contributed by atoms with Crippen LogP contribution in [-0.2, 0) is 14.3 Å². The van der Waals surface area contributed by atoms with Crippen LogP contribution in [0.25, 0.3) is 0 Å². The minimum absolute atomic E-state index is 0.178. The summed E-state index contributed by atoms with van der Waals surface area (Å²) in [7, 11) is 0. The zero-order valence-corrected chi connectivity index (χ0v) is 15.5. The molecule has 0 radical (unpaired) electrons. The molecule has 5 atom stereocenters. The van der Waals surface area contributed by atoms with Gasteiger partial charge in [0.1, 0.15) is 5.82 Å².